The first-order valence-electron chi connectivity index (χ1n) is 7.04. The van der Waals surface area contributed by atoms with E-state index in [1.807, 2.05) is 18.2 Å². The van der Waals surface area contributed by atoms with Crippen molar-refractivity contribution < 1.29 is 9.90 Å². The molecule has 0 aliphatic carbocycles. The number of thioether (sulfide) groups is 1. The predicted molar refractivity (Wildman–Crippen MR) is 90.3 cm³/mol. The normalized spacial score (nSPS) is 12.2. The van der Waals surface area contributed by atoms with E-state index < -0.39 is 11.2 Å². The third-order valence-corrected chi connectivity index (χ3v) is 4.43. The highest BCUT2D eigenvalue weighted by atomic mass is 32.2. The second kappa shape index (κ2) is 6.26. The van der Waals surface area contributed by atoms with E-state index in [1.165, 1.54) is 4.57 Å². The molecule has 2 aromatic carbocycles. The minimum Gasteiger partial charge on any atom is -0.480 e. The molecule has 0 radical (unpaired) electrons. The Labute approximate surface area is 136 Å². The number of carboxylic acid groups (broad SMARTS) is 1. The molecule has 1 heterocycles. The molecule has 0 fully saturated rings. The third-order valence-electron chi connectivity index (χ3n) is 3.39. The monoisotopic (exact) mass is 326 g/mol. The van der Waals surface area contributed by atoms with Crippen LogP contribution in [0.1, 0.15) is 6.92 Å². The minimum atomic E-state index is -0.947. The van der Waals surface area contributed by atoms with Gasteiger partial charge in [-0.25, -0.2) is 4.98 Å². The lowest BCUT2D eigenvalue weighted by molar-refractivity contribution is -0.136. The lowest BCUT2D eigenvalue weighted by Gasteiger charge is -2.14. The van der Waals surface area contributed by atoms with Gasteiger partial charge >= 0.3 is 5.97 Å². The fraction of sp³-hybridized carbons (Fsp3) is 0.118. The topological polar surface area (TPSA) is 72.2 Å². The average Bonchev–Trinajstić information content (AvgIpc) is 2.56. The van der Waals surface area contributed by atoms with Crippen molar-refractivity contribution in [2.24, 2.45) is 0 Å². The third kappa shape index (κ3) is 2.98. The molecule has 0 unspecified atom stereocenters. The van der Waals surface area contributed by atoms with Crippen molar-refractivity contribution in [3.63, 3.8) is 0 Å². The second-order valence-electron chi connectivity index (χ2n) is 4.99. The Morgan fingerprint density at radius 2 is 1.78 bits per heavy atom. The van der Waals surface area contributed by atoms with Crippen LogP contribution in [0.5, 0.6) is 0 Å². The van der Waals surface area contributed by atoms with E-state index >= 15 is 0 Å². The summed E-state index contributed by atoms with van der Waals surface area (Å²) in [6.45, 7) is 1.57. The van der Waals surface area contributed by atoms with Crippen LogP contribution in [0.2, 0.25) is 0 Å². The number of nitrogens with zero attached hydrogens (tertiary/aromatic N) is 2. The van der Waals surface area contributed by atoms with E-state index in [9.17, 15) is 9.59 Å². The van der Waals surface area contributed by atoms with Gasteiger partial charge in [0.15, 0.2) is 5.16 Å². The molecule has 6 heteroatoms. The molecule has 3 aromatic rings. The first-order valence-corrected chi connectivity index (χ1v) is 7.92. The number of hydrogen-bond acceptors (Lipinski definition) is 4. The maximum absolute atomic E-state index is 12.9. The molecule has 3 rings (SSSR count). The van der Waals surface area contributed by atoms with E-state index in [2.05, 4.69) is 4.98 Å². The molecular weight excluding hydrogens is 312 g/mol. The quantitative estimate of drug-likeness (QED) is 0.589. The van der Waals surface area contributed by atoms with Crippen LogP contribution in [-0.4, -0.2) is 25.9 Å². The molecule has 1 aromatic heterocycles. The number of carbonyl (C=O) groups is 1. The molecule has 23 heavy (non-hydrogen) atoms. The van der Waals surface area contributed by atoms with Crippen LogP contribution in [0.3, 0.4) is 0 Å². The maximum Gasteiger partial charge on any atom is 0.316 e. The smallest absolute Gasteiger partial charge is 0.316 e. The summed E-state index contributed by atoms with van der Waals surface area (Å²) < 4.78 is 1.46. The summed E-state index contributed by atoms with van der Waals surface area (Å²) >= 11 is 1.05. The van der Waals surface area contributed by atoms with E-state index in [1.54, 1.807) is 43.3 Å². The zero-order valence-electron chi connectivity index (χ0n) is 12.3. The van der Waals surface area contributed by atoms with Gasteiger partial charge in [0.05, 0.1) is 16.6 Å². The van der Waals surface area contributed by atoms with Crippen LogP contribution in [0, 0.1) is 0 Å². The number of fused-ring (bicyclic) bond motifs is 1. The van der Waals surface area contributed by atoms with Gasteiger partial charge in [-0.1, -0.05) is 42.1 Å². The standard InChI is InChI=1S/C17H14N2O3S/c1-11(16(21)22)23-17-18-14-10-6-5-9-13(14)15(20)19(17)12-7-3-2-4-8-12/h2-11H,1H3,(H,21,22)/t11-/m1/s1. The Balaban J connectivity index is 2.28. The van der Waals surface area contributed by atoms with Crippen molar-refractivity contribution in [2.45, 2.75) is 17.3 Å². The van der Waals surface area contributed by atoms with Crippen LogP contribution in [0.4, 0.5) is 0 Å². The van der Waals surface area contributed by atoms with E-state index in [4.69, 9.17) is 5.11 Å². The van der Waals surface area contributed by atoms with E-state index in [-0.39, 0.29) is 5.56 Å². The van der Waals surface area contributed by atoms with Crippen molar-refractivity contribution in [1.82, 2.24) is 9.55 Å². The van der Waals surface area contributed by atoms with Gasteiger partial charge in [0.2, 0.25) is 0 Å². The van der Waals surface area contributed by atoms with Crippen molar-refractivity contribution in [3.8, 4) is 5.69 Å². The first-order chi connectivity index (χ1) is 11.1. The van der Waals surface area contributed by atoms with Crippen molar-refractivity contribution in [3.05, 3.63) is 65.0 Å². The second-order valence-corrected chi connectivity index (χ2v) is 6.29. The van der Waals surface area contributed by atoms with Crippen LogP contribution in [0.15, 0.2) is 64.5 Å². The van der Waals surface area contributed by atoms with Gasteiger partial charge < -0.3 is 5.11 Å². The van der Waals surface area contributed by atoms with E-state index in [0.29, 0.717) is 21.7 Å². The molecule has 0 aliphatic heterocycles. The molecule has 1 N–H and O–H groups in total. The fourth-order valence-corrected chi connectivity index (χ4v) is 3.07. The van der Waals surface area contributed by atoms with Gasteiger partial charge in [0.25, 0.3) is 5.56 Å². The Morgan fingerprint density at radius 3 is 2.48 bits per heavy atom. The number of aliphatic carboxylic acids is 1. The minimum absolute atomic E-state index is 0.207. The Hall–Kier alpha value is -2.60. The van der Waals surface area contributed by atoms with Gasteiger partial charge in [-0.2, -0.15) is 0 Å². The molecule has 0 spiro atoms. The first kappa shape index (κ1) is 15.3. The van der Waals surface area contributed by atoms with Crippen LogP contribution in [-0.2, 0) is 4.79 Å². The maximum atomic E-state index is 12.9. The van der Waals surface area contributed by atoms with Crippen molar-refractivity contribution in [1.29, 1.82) is 0 Å². The summed E-state index contributed by atoms with van der Waals surface area (Å²) in [5, 5.41) is 9.31. The number of benzene rings is 2. The molecule has 0 bridgehead atoms. The van der Waals surface area contributed by atoms with Crippen molar-refractivity contribution in [2.75, 3.05) is 0 Å². The highest BCUT2D eigenvalue weighted by Gasteiger charge is 2.19. The Morgan fingerprint density at radius 1 is 1.13 bits per heavy atom. The molecule has 0 saturated carbocycles. The van der Waals surface area contributed by atoms with Crippen LogP contribution < -0.4 is 5.56 Å². The summed E-state index contributed by atoms with van der Waals surface area (Å²) in [6.07, 6.45) is 0. The summed E-state index contributed by atoms with van der Waals surface area (Å²) in [5.41, 5.74) is 1.02. The van der Waals surface area contributed by atoms with Crippen LogP contribution >= 0.6 is 11.8 Å². The molecular formula is C17H14N2O3S. The summed E-state index contributed by atoms with van der Waals surface area (Å²) in [4.78, 5) is 28.5. The highest BCUT2D eigenvalue weighted by Crippen LogP contribution is 2.24. The van der Waals surface area contributed by atoms with Gasteiger partial charge in [-0.3, -0.25) is 14.2 Å². The summed E-state index contributed by atoms with van der Waals surface area (Å²) in [5.74, 6) is -0.947. The van der Waals surface area contributed by atoms with Crippen molar-refractivity contribution >= 4 is 28.6 Å². The largest absolute Gasteiger partial charge is 0.480 e. The number of carboxylic acids is 1. The SMILES string of the molecule is C[C@@H](Sc1nc2ccccc2c(=O)n1-c1ccccc1)C(=O)O. The van der Waals surface area contributed by atoms with Crippen LogP contribution in [0.25, 0.3) is 16.6 Å². The molecule has 0 amide bonds. The zero-order valence-corrected chi connectivity index (χ0v) is 13.2. The average molecular weight is 326 g/mol. The molecule has 0 aliphatic rings. The molecule has 5 nitrogen and oxygen atoms in total. The van der Waals surface area contributed by atoms with Gasteiger partial charge in [0, 0.05) is 0 Å². The highest BCUT2D eigenvalue weighted by molar-refractivity contribution is 8.00. The molecule has 0 saturated heterocycles. The predicted octanol–water partition coefficient (Wildman–Crippen LogP) is 2.95. The number of rotatable bonds is 4. The Bertz CT molecular complexity index is 922. The van der Waals surface area contributed by atoms with E-state index in [0.717, 1.165) is 11.8 Å². The number of hydrogen-bond donors (Lipinski definition) is 1. The summed E-state index contributed by atoms with van der Waals surface area (Å²) in [7, 11) is 0. The van der Waals surface area contributed by atoms with Gasteiger partial charge in [-0.05, 0) is 31.2 Å². The molecule has 1 atom stereocenters. The van der Waals surface area contributed by atoms with Gasteiger partial charge in [0.1, 0.15) is 5.25 Å². The number of para-hydroxylation sites is 2. The Kier molecular flexibility index (Phi) is 4.16. The lowest BCUT2D eigenvalue weighted by atomic mass is 10.2. The zero-order chi connectivity index (χ0) is 16.4. The molecule has 116 valence electrons. The summed E-state index contributed by atoms with van der Waals surface area (Å²) in [6, 6.07) is 16.2. The lowest BCUT2D eigenvalue weighted by Crippen LogP contribution is -2.23. The fourth-order valence-electron chi connectivity index (χ4n) is 2.20. The van der Waals surface area contributed by atoms with Gasteiger partial charge in [-0.15, -0.1) is 0 Å². The number of aromatic nitrogens is 2.